The highest BCUT2D eigenvalue weighted by molar-refractivity contribution is 5.83. The molecule has 39 heavy (non-hydrogen) atoms. The number of rotatable bonds is 17. The van der Waals surface area contributed by atoms with Crippen LogP contribution in [0.25, 0.3) is 10.9 Å². The van der Waals surface area contributed by atoms with E-state index >= 15 is 0 Å². The van der Waals surface area contributed by atoms with Crippen molar-refractivity contribution in [3.63, 3.8) is 0 Å². The number of alkyl carbamates (subject to hydrolysis) is 1. The van der Waals surface area contributed by atoms with E-state index in [0.717, 1.165) is 41.3 Å². The van der Waals surface area contributed by atoms with E-state index in [-0.39, 0.29) is 12.7 Å². The molecular formula is C32H47N3O4. The van der Waals surface area contributed by atoms with E-state index in [1.807, 2.05) is 68.6 Å². The quantitative estimate of drug-likeness (QED) is 0.135. The average Bonchev–Trinajstić information content (AvgIpc) is 3.33. The second-order valence-corrected chi connectivity index (χ2v) is 11.0. The van der Waals surface area contributed by atoms with Gasteiger partial charge in [0, 0.05) is 23.6 Å². The number of aromatic nitrogens is 1. The van der Waals surface area contributed by atoms with Crippen molar-refractivity contribution in [3.05, 3.63) is 71.9 Å². The van der Waals surface area contributed by atoms with Crippen LogP contribution in [0.3, 0.4) is 0 Å². The normalized spacial score (nSPS) is 15.4. The van der Waals surface area contributed by atoms with Gasteiger partial charge in [0.25, 0.3) is 0 Å². The molecule has 1 aromatic heterocycles. The van der Waals surface area contributed by atoms with Gasteiger partial charge in [-0.05, 0) is 50.3 Å². The van der Waals surface area contributed by atoms with Crippen LogP contribution in [-0.2, 0) is 11.2 Å². The zero-order valence-corrected chi connectivity index (χ0v) is 23.8. The van der Waals surface area contributed by atoms with Crippen molar-refractivity contribution in [1.82, 2.24) is 15.6 Å². The van der Waals surface area contributed by atoms with Crippen LogP contribution in [0.2, 0.25) is 0 Å². The first-order chi connectivity index (χ1) is 18.8. The zero-order valence-electron chi connectivity index (χ0n) is 23.8. The molecule has 0 aliphatic heterocycles. The molecule has 5 N–H and O–H groups in total. The predicted molar refractivity (Wildman–Crippen MR) is 158 cm³/mol. The van der Waals surface area contributed by atoms with E-state index in [4.69, 9.17) is 4.74 Å². The summed E-state index contributed by atoms with van der Waals surface area (Å²) in [4.78, 5) is 16.3. The van der Waals surface area contributed by atoms with Gasteiger partial charge >= 0.3 is 6.09 Å². The van der Waals surface area contributed by atoms with Crippen molar-refractivity contribution in [2.75, 3.05) is 13.2 Å². The van der Waals surface area contributed by atoms with E-state index in [2.05, 4.69) is 28.6 Å². The number of nitrogens with one attached hydrogen (secondary N) is 3. The molecule has 7 heteroatoms. The van der Waals surface area contributed by atoms with E-state index in [9.17, 15) is 15.0 Å². The standard InChI is InChI=1S/C32H47N3O4/c1-4-5-6-7-8-10-15-24(2)39-31(38)35-32(3,20-26-21-33-28-19-14-13-18-27(26)28)23-34-29(22-36)30(37)25-16-11-9-12-17-25/h9,11-14,16-19,21,24,29-30,33-34,36-37H,4-8,10,15,20,22-23H2,1-3H3,(H,35,38). The summed E-state index contributed by atoms with van der Waals surface area (Å²) in [5.41, 5.74) is 2.08. The highest BCUT2D eigenvalue weighted by atomic mass is 16.6. The van der Waals surface area contributed by atoms with Crippen LogP contribution in [0.5, 0.6) is 0 Å². The summed E-state index contributed by atoms with van der Waals surface area (Å²) >= 11 is 0. The number of carbonyl (C=O) groups is 1. The van der Waals surface area contributed by atoms with Crippen molar-refractivity contribution in [2.24, 2.45) is 0 Å². The van der Waals surface area contributed by atoms with Gasteiger partial charge in [-0.2, -0.15) is 0 Å². The Labute approximate surface area is 233 Å². The number of ether oxygens (including phenoxy) is 1. The number of carbonyl (C=O) groups excluding carboxylic acids is 1. The minimum Gasteiger partial charge on any atom is -0.447 e. The molecule has 4 atom stereocenters. The molecular weight excluding hydrogens is 490 g/mol. The van der Waals surface area contributed by atoms with Gasteiger partial charge in [0.2, 0.25) is 0 Å². The lowest BCUT2D eigenvalue weighted by Gasteiger charge is -2.34. The fraction of sp³-hybridized carbons (Fsp3) is 0.531. The number of para-hydroxylation sites is 1. The molecule has 214 valence electrons. The van der Waals surface area contributed by atoms with E-state index in [1.54, 1.807) is 0 Å². The maximum atomic E-state index is 13.0. The van der Waals surface area contributed by atoms with Gasteiger partial charge in [-0.25, -0.2) is 4.79 Å². The van der Waals surface area contributed by atoms with Crippen LogP contribution < -0.4 is 10.6 Å². The van der Waals surface area contributed by atoms with E-state index < -0.39 is 23.8 Å². The third-order valence-electron chi connectivity index (χ3n) is 7.41. The van der Waals surface area contributed by atoms with Gasteiger partial charge in [-0.3, -0.25) is 0 Å². The van der Waals surface area contributed by atoms with Gasteiger partial charge < -0.3 is 30.6 Å². The van der Waals surface area contributed by atoms with Crippen molar-refractivity contribution in [2.45, 2.75) is 95.9 Å². The maximum Gasteiger partial charge on any atom is 0.407 e. The molecule has 7 nitrogen and oxygen atoms in total. The maximum absolute atomic E-state index is 13.0. The average molecular weight is 538 g/mol. The molecule has 0 aliphatic rings. The molecule has 0 aliphatic carbocycles. The topological polar surface area (TPSA) is 107 Å². The first-order valence-corrected chi connectivity index (χ1v) is 14.5. The molecule has 1 amide bonds. The molecule has 0 saturated carbocycles. The van der Waals surface area contributed by atoms with Crippen LogP contribution >= 0.6 is 0 Å². The molecule has 4 unspecified atom stereocenters. The lowest BCUT2D eigenvalue weighted by atomic mass is 9.91. The summed E-state index contributed by atoms with van der Waals surface area (Å²) in [5.74, 6) is 0. The van der Waals surface area contributed by atoms with Crippen molar-refractivity contribution in [1.29, 1.82) is 0 Å². The zero-order chi connectivity index (χ0) is 28.1. The Morgan fingerprint density at radius 1 is 1.03 bits per heavy atom. The number of benzene rings is 2. The summed E-state index contributed by atoms with van der Waals surface area (Å²) in [5, 5.41) is 28.5. The number of hydrogen-bond donors (Lipinski definition) is 5. The number of H-pyrrole nitrogens is 1. The number of fused-ring (bicyclic) bond motifs is 1. The number of hydrogen-bond acceptors (Lipinski definition) is 5. The lowest BCUT2D eigenvalue weighted by Crippen LogP contribution is -2.57. The molecule has 2 aromatic carbocycles. The van der Waals surface area contributed by atoms with E-state index in [1.165, 1.54) is 25.7 Å². The van der Waals surface area contributed by atoms with Crippen LogP contribution in [-0.4, -0.2) is 52.1 Å². The largest absolute Gasteiger partial charge is 0.447 e. The van der Waals surface area contributed by atoms with Gasteiger partial charge in [0.05, 0.1) is 24.3 Å². The Balaban J connectivity index is 1.66. The minimum absolute atomic E-state index is 0.174. The smallest absolute Gasteiger partial charge is 0.407 e. The molecule has 0 saturated heterocycles. The first-order valence-electron chi connectivity index (χ1n) is 14.5. The Morgan fingerprint density at radius 3 is 2.46 bits per heavy atom. The van der Waals surface area contributed by atoms with Crippen molar-refractivity contribution < 1.29 is 19.7 Å². The first kappa shape index (κ1) is 30.7. The Hall–Kier alpha value is -2.87. The van der Waals surface area contributed by atoms with Gasteiger partial charge in [-0.1, -0.05) is 87.6 Å². The second-order valence-electron chi connectivity index (χ2n) is 11.0. The van der Waals surface area contributed by atoms with Crippen LogP contribution in [0.1, 0.15) is 82.9 Å². The van der Waals surface area contributed by atoms with Crippen molar-refractivity contribution in [3.8, 4) is 0 Å². The predicted octanol–water partition coefficient (Wildman–Crippen LogP) is 6.02. The Bertz CT molecular complexity index is 1120. The SMILES string of the molecule is CCCCCCCCC(C)OC(=O)NC(C)(CNC(CO)C(O)c1ccccc1)Cc1c[nH]c2ccccc12. The second kappa shape index (κ2) is 15.7. The number of aliphatic hydroxyl groups excluding tert-OH is 2. The summed E-state index contributed by atoms with van der Waals surface area (Å²) in [6.07, 6.45) is 9.02. The summed E-state index contributed by atoms with van der Waals surface area (Å²) in [6.45, 7) is 6.19. The third-order valence-corrected chi connectivity index (χ3v) is 7.41. The molecule has 3 aromatic rings. The highest BCUT2D eigenvalue weighted by Crippen LogP contribution is 2.24. The molecule has 3 rings (SSSR count). The van der Waals surface area contributed by atoms with Gasteiger partial charge in [-0.15, -0.1) is 0 Å². The molecule has 1 heterocycles. The number of aliphatic hydroxyl groups is 2. The molecule has 0 bridgehead atoms. The van der Waals surface area contributed by atoms with Crippen molar-refractivity contribution >= 4 is 17.0 Å². The van der Waals surface area contributed by atoms with Gasteiger partial charge in [0.15, 0.2) is 0 Å². The van der Waals surface area contributed by atoms with Crippen LogP contribution in [0, 0.1) is 0 Å². The Kier molecular flexibility index (Phi) is 12.3. The Morgan fingerprint density at radius 2 is 1.72 bits per heavy atom. The fourth-order valence-electron chi connectivity index (χ4n) is 5.09. The third kappa shape index (κ3) is 9.67. The van der Waals surface area contributed by atoms with E-state index in [0.29, 0.717) is 13.0 Å². The molecule has 0 fully saturated rings. The summed E-state index contributed by atoms with van der Waals surface area (Å²) in [6, 6.07) is 16.7. The number of amides is 1. The fourth-order valence-corrected chi connectivity index (χ4v) is 5.09. The number of unbranched alkanes of at least 4 members (excludes halogenated alkanes) is 5. The highest BCUT2D eigenvalue weighted by Gasteiger charge is 2.31. The monoisotopic (exact) mass is 537 g/mol. The minimum atomic E-state index is -0.891. The van der Waals surface area contributed by atoms with Crippen LogP contribution in [0.15, 0.2) is 60.8 Å². The summed E-state index contributed by atoms with van der Waals surface area (Å²) < 4.78 is 5.75. The lowest BCUT2D eigenvalue weighted by molar-refractivity contribution is 0.0786. The summed E-state index contributed by atoms with van der Waals surface area (Å²) in [7, 11) is 0. The van der Waals surface area contributed by atoms with Gasteiger partial charge in [0.1, 0.15) is 6.10 Å². The number of aromatic amines is 1. The molecule has 0 spiro atoms. The van der Waals surface area contributed by atoms with Crippen LogP contribution in [0.4, 0.5) is 4.79 Å². The molecule has 0 radical (unpaired) electrons.